The molecule has 0 bridgehead atoms. The van der Waals surface area contributed by atoms with Crippen molar-refractivity contribution >= 4 is 29.1 Å². The van der Waals surface area contributed by atoms with Gasteiger partial charge in [0.2, 0.25) is 0 Å². The molecule has 3 aromatic rings. The first-order valence-electron chi connectivity index (χ1n) is 12.8. The fraction of sp³-hybridized carbons (Fsp3) is 0.367. The summed E-state index contributed by atoms with van der Waals surface area (Å²) >= 11 is 0. The number of carbonyl (C=O) groups is 2. The quantitative estimate of drug-likeness (QED) is 0.409. The van der Waals surface area contributed by atoms with Crippen molar-refractivity contribution in [2.75, 3.05) is 37.5 Å². The molecular formula is C30H36N4O4. The van der Waals surface area contributed by atoms with Gasteiger partial charge in [-0.05, 0) is 75.6 Å². The number of nitrogens with zero attached hydrogens (tertiary/aromatic N) is 3. The van der Waals surface area contributed by atoms with Crippen LogP contribution in [0, 0.1) is 6.92 Å². The number of rotatable bonds is 6. The standard InChI is InChI=1S/C30H36N4O4/c1-20-7-9-22(10-8-20)33(5)23-11-12-24-21(17-23)14-16-34(29(36)38-30(2,3)4)27(24)19-32-26-18-31-15-13-25(26)28(35)37-6/h7-13,15,17-18,27,32H,14,16,19H2,1-6H3/t27-/m1/s1. The number of pyridine rings is 1. The Labute approximate surface area is 224 Å². The Kier molecular flexibility index (Phi) is 7.90. The first kappa shape index (κ1) is 27.0. The number of hydrogen-bond acceptors (Lipinski definition) is 7. The van der Waals surface area contributed by atoms with E-state index in [1.165, 1.54) is 18.2 Å². The topological polar surface area (TPSA) is 84.0 Å². The molecule has 8 nitrogen and oxygen atoms in total. The summed E-state index contributed by atoms with van der Waals surface area (Å²) in [6, 6.07) is 16.1. The molecule has 0 spiro atoms. The molecule has 2 aromatic carbocycles. The number of hydrogen-bond donors (Lipinski definition) is 1. The maximum absolute atomic E-state index is 13.2. The number of benzene rings is 2. The van der Waals surface area contributed by atoms with Gasteiger partial charge in [0.15, 0.2) is 0 Å². The minimum absolute atomic E-state index is 0.307. The van der Waals surface area contributed by atoms with Crippen molar-refractivity contribution in [3.63, 3.8) is 0 Å². The molecular weight excluding hydrogens is 480 g/mol. The molecule has 1 aromatic heterocycles. The number of carbonyl (C=O) groups excluding carboxylic acids is 2. The van der Waals surface area contributed by atoms with E-state index in [4.69, 9.17) is 9.47 Å². The summed E-state index contributed by atoms with van der Waals surface area (Å²) in [5.74, 6) is -0.452. The third-order valence-electron chi connectivity index (χ3n) is 6.63. The number of aromatic nitrogens is 1. The molecule has 1 atom stereocenters. The van der Waals surface area contributed by atoms with E-state index >= 15 is 0 Å². The molecule has 0 aliphatic carbocycles. The van der Waals surface area contributed by atoms with Crippen LogP contribution in [-0.4, -0.2) is 54.8 Å². The molecule has 1 aliphatic heterocycles. The van der Waals surface area contributed by atoms with Gasteiger partial charge >= 0.3 is 12.1 Å². The fourth-order valence-corrected chi connectivity index (χ4v) is 4.61. The van der Waals surface area contributed by atoms with Gasteiger partial charge in [0.05, 0.1) is 30.6 Å². The summed E-state index contributed by atoms with van der Waals surface area (Å²) in [4.78, 5) is 33.6. The zero-order valence-corrected chi connectivity index (χ0v) is 22.9. The highest BCUT2D eigenvalue weighted by atomic mass is 16.6. The second-order valence-corrected chi connectivity index (χ2v) is 10.5. The minimum Gasteiger partial charge on any atom is -0.465 e. The van der Waals surface area contributed by atoms with Gasteiger partial charge in [-0.25, -0.2) is 9.59 Å². The fourth-order valence-electron chi connectivity index (χ4n) is 4.61. The number of amides is 1. The van der Waals surface area contributed by atoms with Gasteiger partial charge in [-0.2, -0.15) is 0 Å². The van der Waals surface area contributed by atoms with Crippen molar-refractivity contribution in [2.45, 2.75) is 45.8 Å². The number of esters is 1. The van der Waals surface area contributed by atoms with Gasteiger partial charge in [-0.3, -0.25) is 9.88 Å². The summed E-state index contributed by atoms with van der Waals surface area (Å²) in [6.07, 6.45) is 3.48. The monoisotopic (exact) mass is 516 g/mol. The van der Waals surface area contributed by atoms with E-state index in [2.05, 4.69) is 71.6 Å². The number of aryl methyl sites for hydroxylation is 1. The van der Waals surface area contributed by atoms with Crippen LogP contribution in [0.1, 0.15) is 53.9 Å². The molecule has 0 fully saturated rings. The third kappa shape index (κ3) is 6.07. The van der Waals surface area contributed by atoms with Crippen molar-refractivity contribution in [1.29, 1.82) is 0 Å². The molecule has 8 heteroatoms. The average molecular weight is 517 g/mol. The Bertz CT molecular complexity index is 1300. The van der Waals surface area contributed by atoms with Crippen LogP contribution in [0.15, 0.2) is 60.9 Å². The van der Waals surface area contributed by atoms with Crippen molar-refractivity contribution in [3.05, 3.63) is 83.2 Å². The van der Waals surface area contributed by atoms with Gasteiger partial charge < -0.3 is 19.7 Å². The number of nitrogens with one attached hydrogen (secondary N) is 1. The van der Waals surface area contributed by atoms with Gasteiger partial charge in [-0.15, -0.1) is 0 Å². The molecule has 200 valence electrons. The molecule has 0 saturated carbocycles. The number of anilines is 3. The number of fused-ring (bicyclic) bond motifs is 1. The number of methoxy groups -OCH3 is 1. The van der Waals surface area contributed by atoms with Gasteiger partial charge in [0.1, 0.15) is 5.60 Å². The van der Waals surface area contributed by atoms with Crippen LogP contribution >= 0.6 is 0 Å². The predicted molar refractivity (Wildman–Crippen MR) is 149 cm³/mol. The maximum atomic E-state index is 13.2. The lowest BCUT2D eigenvalue weighted by Gasteiger charge is -2.39. The lowest BCUT2D eigenvalue weighted by Crippen LogP contribution is -2.45. The summed E-state index contributed by atoms with van der Waals surface area (Å²) in [5, 5.41) is 3.33. The lowest BCUT2D eigenvalue weighted by atomic mass is 9.91. The largest absolute Gasteiger partial charge is 0.465 e. The van der Waals surface area contributed by atoms with Gasteiger partial charge in [0.25, 0.3) is 0 Å². The summed E-state index contributed by atoms with van der Waals surface area (Å²) in [7, 11) is 3.40. The smallest absolute Gasteiger partial charge is 0.410 e. The first-order chi connectivity index (χ1) is 18.1. The summed E-state index contributed by atoms with van der Waals surface area (Å²) in [6.45, 7) is 8.55. The van der Waals surface area contributed by atoms with Crippen LogP contribution in [0.25, 0.3) is 0 Å². The number of ether oxygens (including phenoxy) is 2. The molecule has 4 rings (SSSR count). The zero-order valence-electron chi connectivity index (χ0n) is 22.9. The highest BCUT2D eigenvalue weighted by Gasteiger charge is 2.34. The Morgan fingerprint density at radius 1 is 1.11 bits per heavy atom. The van der Waals surface area contributed by atoms with Crippen LogP contribution in [0.5, 0.6) is 0 Å². The second-order valence-electron chi connectivity index (χ2n) is 10.5. The van der Waals surface area contributed by atoms with E-state index in [0.29, 0.717) is 30.8 Å². The van der Waals surface area contributed by atoms with Crippen LogP contribution in [0.4, 0.5) is 21.9 Å². The van der Waals surface area contributed by atoms with Crippen molar-refractivity contribution in [1.82, 2.24) is 9.88 Å². The molecule has 2 heterocycles. The predicted octanol–water partition coefficient (Wildman–Crippen LogP) is 5.89. The van der Waals surface area contributed by atoms with E-state index in [-0.39, 0.29) is 12.1 Å². The van der Waals surface area contributed by atoms with Crippen LogP contribution < -0.4 is 10.2 Å². The molecule has 1 aliphatic rings. The summed E-state index contributed by atoms with van der Waals surface area (Å²) < 4.78 is 10.7. The second kappa shape index (κ2) is 11.1. The Balaban J connectivity index is 1.65. The Morgan fingerprint density at radius 3 is 2.50 bits per heavy atom. The molecule has 0 radical (unpaired) electrons. The van der Waals surface area contributed by atoms with Gasteiger partial charge in [0, 0.05) is 37.7 Å². The maximum Gasteiger partial charge on any atom is 0.410 e. The average Bonchev–Trinajstić information content (AvgIpc) is 2.90. The molecule has 0 saturated heterocycles. The Morgan fingerprint density at radius 2 is 1.82 bits per heavy atom. The van der Waals surface area contributed by atoms with Crippen molar-refractivity contribution in [2.24, 2.45) is 0 Å². The highest BCUT2D eigenvalue weighted by Crippen LogP contribution is 2.35. The molecule has 0 unspecified atom stereocenters. The SMILES string of the molecule is COC(=O)c1ccncc1NC[C@@H]1c2ccc(N(C)c3ccc(C)cc3)cc2CCN1C(=O)OC(C)(C)C. The van der Waals surface area contributed by atoms with Crippen LogP contribution in [-0.2, 0) is 15.9 Å². The summed E-state index contributed by atoms with van der Waals surface area (Å²) in [5.41, 5.74) is 5.93. The Hall–Kier alpha value is -4.07. The van der Waals surface area contributed by atoms with Gasteiger partial charge in [-0.1, -0.05) is 23.8 Å². The van der Waals surface area contributed by atoms with E-state index in [1.54, 1.807) is 23.4 Å². The first-order valence-corrected chi connectivity index (χ1v) is 12.8. The highest BCUT2D eigenvalue weighted by molar-refractivity contribution is 5.95. The van der Waals surface area contributed by atoms with Crippen molar-refractivity contribution in [3.8, 4) is 0 Å². The zero-order chi connectivity index (χ0) is 27.4. The van der Waals surface area contributed by atoms with Crippen LogP contribution in [0.2, 0.25) is 0 Å². The third-order valence-corrected chi connectivity index (χ3v) is 6.63. The van der Waals surface area contributed by atoms with Crippen molar-refractivity contribution < 1.29 is 19.1 Å². The normalized spacial score (nSPS) is 14.9. The van der Waals surface area contributed by atoms with E-state index < -0.39 is 11.6 Å². The van der Waals surface area contributed by atoms with E-state index in [1.807, 2.05) is 20.8 Å². The minimum atomic E-state index is -0.614. The molecule has 38 heavy (non-hydrogen) atoms. The lowest BCUT2D eigenvalue weighted by molar-refractivity contribution is 0.0153. The molecule has 1 N–H and O–H groups in total. The van der Waals surface area contributed by atoms with Crippen LogP contribution in [0.3, 0.4) is 0 Å². The molecule has 1 amide bonds. The van der Waals surface area contributed by atoms with E-state index in [0.717, 1.165) is 16.9 Å². The van der Waals surface area contributed by atoms with E-state index in [9.17, 15) is 9.59 Å².